The van der Waals surface area contributed by atoms with Crippen molar-refractivity contribution >= 4 is 5.91 Å². The van der Waals surface area contributed by atoms with Crippen LogP contribution in [0.3, 0.4) is 0 Å². The molecule has 3 rings (SSSR count). The molecule has 0 fully saturated rings. The van der Waals surface area contributed by atoms with Gasteiger partial charge in [0.1, 0.15) is 0 Å². The summed E-state index contributed by atoms with van der Waals surface area (Å²) in [7, 11) is 0. The number of aryl methyl sites for hydroxylation is 2. The van der Waals surface area contributed by atoms with Crippen molar-refractivity contribution in [3.63, 3.8) is 0 Å². The van der Waals surface area contributed by atoms with Gasteiger partial charge in [0, 0.05) is 24.7 Å². The fourth-order valence-electron chi connectivity index (χ4n) is 3.13. The minimum Gasteiger partial charge on any atom is -0.351 e. The fourth-order valence-corrected chi connectivity index (χ4v) is 3.13. The minimum atomic E-state index is 0.000731. The van der Waals surface area contributed by atoms with Gasteiger partial charge in [0.15, 0.2) is 0 Å². The van der Waals surface area contributed by atoms with Crippen molar-refractivity contribution in [2.45, 2.75) is 32.2 Å². The van der Waals surface area contributed by atoms with E-state index in [0.29, 0.717) is 12.6 Å². The molecule has 1 unspecified atom stereocenters. The van der Waals surface area contributed by atoms with E-state index in [1.54, 1.807) is 0 Å². The van der Waals surface area contributed by atoms with Gasteiger partial charge >= 0.3 is 0 Å². The number of amides is 1. The van der Waals surface area contributed by atoms with Gasteiger partial charge in [-0.2, -0.15) is 0 Å². The summed E-state index contributed by atoms with van der Waals surface area (Å²) in [6.07, 6.45) is 3.40. The third-order valence-corrected chi connectivity index (χ3v) is 4.50. The third kappa shape index (κ3) is 4.20. The van der Waals surface area contributed by atoms with Crippen LogP contribution in [0.2, 0.25) is 0 Å². The van der Waals surface area contributed by atoms with Crippen molar-refractivity contribution in [3.8, 4) is 0 Å². The molecule has 0 aliphatic heterocycles. The van der Waals surface area contributed by atoms with Crippen molar-refractivity contribution in [2.75, 3.05) is 13.1 Å². The van der Waals surface area contributed by atoms with E-state index in [2.05, 4.69) is 34.9 Å². The summed E-state index contributed by atoms with van der Waals surface area (Å²) in [5.41, 5.74) is 4.83. The van der Waals surface area contributed by atoms with E-state index >= 15 is 0 Å². The summed E-state index contributed by atoms with van der Waals surface area (Å²) in [5, 5.41) is 6.54. The lowest BCUT2D eigenvalue weighted by Crippen LogP contribution is -2.39. The average molecular weight is 308 g/mol. The number of benzene rings is 2. The van der Waals surface area contributed by atoms with Crippen molar-refractivity contribution in [1.82, 2.24) is 10.6 Å². The lowest BCUT2D eigenvalue weighted by atomic mass is 9.88. The second kappa shape index (κ2) is 7.42. The molecular formula is C20H24N2O. The van der Waals surface area contributed by atoms with Gasteiger partial charge in [-0.1, -0.05) is 42.0 Å². The van der Waals surface area contributed by atoms with E-state index < -0.39 is 0 Å². The Morgan fingerprint density at radius 2 is 1.78 bits per heavy atom. The predicted molar refractivity (Wildman–Crippen MR) is 93.8 cm³/mol. The van der Waals surface area contributed by atoms with Crippen LogP contribution in [0.4, 0.5) is 0 Å². The zero-order valence-electron chi connectivity index (χ0n) is 13.6. The lowest BCUT2D eigenvalue weighted by molar-refractivity contribution is 0.0953. The van der Waals surface area contributed by atoms with E-state index in [1.165, 1.54) is 23.1 Å². The maximum atomic E-state index is 12.0. The van der Waals surface area contributed by atoms with Gasteiger partial charge in [-0.3, -0.25) is 4.79 Å². The molecule has 0 radical (unpaired) electrons. The molecule has 1 aliphatic carbocycles. The number of carbonyl (C=O) groups is 1. The molecule has 2 aromatic rings. The van der Waals surface area contributed by atoms with E-state index in [0.717, 1.165) is 24.9 Å². The topological polar surface area (TPSA) is 41.1 Å². The zero-order valence-corrected chi connectivity index (χ0v) is 13.6. The van der Waals surface area contributed by atoms with Crippen LogP contribution in [0.1, 0.15) is 33.5 Å². The van der Waals surface area contributed by atoms with Crippen LogP contribution in [0.25, 0.3) is 0 Å². The van der Waals surface area contributed by atoms with Gasteiger partial charge in [0.25, 0.3) is 5.91 Å². The number of rotatable bonds is 5. The van der Waals surface area contributed by atoms with Crippen molar-refractivity contribution in [2.24, 2.45) is 0 Å². The van der Waals surface area contributed by atoms with Gasteiger partial charge in [0.2, 0.25) is 0 Å². The number of carbonyl (C=O) groups excluding carboxylic acids is 1. The van der Waals surface area contributed by atoms with Gasteiger partial charge in [-0.25, -0.2) is 0 Å². The SMILES string of the molecule is Cc1ccc(C(=O)NCCNC2CCc3ccccc3C2)cc1. The van der Waals surface area contributed by atoms with E-state index in [9.17, 15) is 4.79 Å². The summed E-state index contributed by atoms with van der Waals surface area (Å²) in [6.45, 7) is 3.49. The first-order chi connectivity index (χ1) is 11.2. The second-order valence-corrected chi connectivity index (χ2v) is 6.28. The Kier molecular flexibility index (Phi) is 5.09. The molecule has 0 saturated heterocycles. The van der Waals surface area contributed by atoms with Crippen LogP contribution in [0.15, 0.2) is 48.5 Å². The Bertz CT molecular complexity index is 664. The Morgan fingerprint density at radius 1 is 1.04 bits per heavy atom. The number of hydrogen-bond donors (Lipinski definition) is 2. The maximum Gasteiger partial charge on any atom is 0.251 e. The highest BCUT2D eigenvalue weighted by Gasteiger charge is 2.17. The molecule has 3 nitrogen and oxygen atoms in total. The Morgan fingerprint density at radius 3 is 2.57 bits per heavy atom. The van der Waals surface area contributed by atoms with E-state index in [1.807, 2.05) is 31.2 Å². The molecule has 2 aromatic carbocycles. The zero-order chi connectivity index (χ0) is 16.1. The fraction of sp³-hybridized carbons (Fsp3) is 0.350. The molecule has 0 aromatic heterocycles. The number of hydrogen-bond acceptors (Lipinski definition) is 2. The third-order valence-electron chi connectivity index (χ3n) is 4.50. The normalized spacial score (nSPS) is 16.7. The van der Waals surface area contributed by atoms with Crippen molar-refractivity contribution < 1.29 is 4.79 Å². The predicted octanol–water partition coefficient (Wildman–Crippen LogP) is 2.87. The Hall–Kier alpha value is -2.13. The molecule has 1 atom stereocenters. The molecule has 0 heterocycles. The lowest BCUT2D eigenvalue weighted by Gasteiger charge is -2.25. The average Bonchev–Trinajstić information content (AvgIpc) is 2.59. The van der Waals surface area contributed by atoms with Crippen LogP contribution in [-0.4, -0.2) is 25.0 Å². The van der Waals surface area contributed by atoms with Crippen LogP contribution in [0.5, 0.6) is 0 Å². The Balaban J connectivity index is 1.40. The molecule has 1 aliphatic rings. The highest BCUT2D eigenvalue weighted by molar-refractivity contribution is 5.94. The van der Waals surface area contributed by atoms with Crippen molar-refractivity contribution in [3.05, 3.63) is 70.8 Å². The highest BCUT2D eigenvalue weighted by Crippen LogP contribution is 2.20. The van der Waals surface area contributed by atoms with Gasteiger partial charge in [-0.05, 0) is 49.4 Å². The molecule has 0 bridgehead atoms. The molecule has 1 amide bonds. The van der Waals surface area contributed by atoms with E-state index in [4.69, 9.17) is 0 Å². The summed E-state index contributed by atoms with van der Waals surface area (Å²) >= 11 is 0. The first kappa shape index (κ1) is 15.8. The van der Waals surface area contributed by atoms with Gasteiger partial charge in [-0.15, -0.1) is 0 Å². The first-order valence-electron chi connectivity index (χ1n) is 8.37. The summed E-state index contributed by atoms with van der Waals surface area (Å²) in [4.78, 5) is 12.0. The minimum absolute atomic E-state index is 0.000731. The van der Waals surface area contributed by atoms with Gasteiger partial charge < -0.3 is 10.6 Å². The molecule has 3 heteroatoms. The smallest absolute Gasteiger partial charge is 0.251 e. The molecule has 120 valence electrons. The van der Waals surface area contributed by atoms with Crippen LogP contribution in [0, 0.1) is 6.92 Å². The molecule has 23 heavy (non-hydrogen) atoms. The monoisotopic (exact) mass is 308 g/mol. The standard InChI is InChI=1S/C20H24N2O/c1-15-6-8-17(9-7-15)20(23)22-13-12-21-19-11-10-16-4-2-3-5-18(16)14-19/h2-9,19,21H,10-14H2,1H3,(H,22,23). The summed E-state index contributed by atoms with van der Waals surface area (Å²) < 4.78 is 0. The van der Waals surface area contributed by atoms with E-state index in [-0.39, 0.29) is 5.91 Å². The first-order valence-corrected chi connectivity index (χ1v) is 8.37. The molecular weight excluding hydrogens is 284 g/mol. The Labute approximate surface area is 138 Å². The van der Waals surface area contributed by atoms with Crippen LogP contribution >= 0.6 is 0 Å². The summed E-state index contributed by atoms with van der Waals surface area (Å²) in [5.74, 6) is 0.000731. The molecule has 0 saturated carbocycles. The highest BCUT2D eigenvalue weighted by atomic mass is 16.1. The second-order valence-electron chi connectivity index (χ2n) is 6.28. The number of fused-ring (bicyclic) bond motifs is 1. The van der Waals surface area contributed by atoms with Crippen LogP contribution in [-0.2, 0) is 12.8 Å². The molecule has 0 spiro atoms. The van der Waals surface area contributed by atoms with Crippen LogP contribution < -0.4 is 10.6 Å². The van der Waals surface area contributed by atoms with Crippen molar-refractivity contribution in [1.29, 1.82) is 0 Å². The summed E-state index contributed by atoms with van der Waals surface area (Å²) in [6, 6.07) is 16.9. The number of nitrogens with one attached hydrogen (secondary N) is 2. The van der Waals surface area contributed by atoms with Gasteiger partial charge in [0.05, 0.1) is 0 Å². The largest absolute Gasteiger partial charge is 0.351 e. The molecule has 2 N–H and O–H groups in total. The maximum absolute atomic E-state index is 12.0. The quantitative estimate of drug-likeness (QED) is 0.834.